The van der Waals surface area contributed by atoms with Crippen molar-refractivity contribution in [3.05, 3.63) is 42.5 Å². The van der Waals surface area contributed by atoms with Gasteiger partial charge in [0, 0.05) is 0 Å². The van der Waals surface area contributed by atoms with Crippen LogP contribution >= 0.6 is 0 Å². The van der Waals surface area contributed by atoms with Crippen LogP contribution in [-0.2, 0) is 0 Å². The van der Waals surface area contributed by atoms with Gasteiger partial charge in [0.25, 0.3) is 0 Å². The minimum Gasteiger partial charge on any atom is -0.508 e. The second-order valence-corrected chi connectivity index (χ2v) is 8.30. The van der Waals surface area contributed by atoms with Gasteiger partial charge in [-0.05, 0) is 86.3 Å². The van der Waals surface area contributed by atoms with Crippen molar-refractivity contribution in [3.8, 4) is 5.75 Å². The quantitative estimate of drug-likeness (QED) is 0.568. The van der Waals surface area contributed by atoms with Gasteiger partial charge in [0.05, 0.1) is 0 Å². The van der Waals surface area contributed by atoms with Crippen molar-refractivity contribution in [2.75, 3.05) is 0 Å². The molecule has 132 valence electrons. The van der Waals surface area contributed by atoms with Crippen LogP contribution in [0.25, 0.3) is 0 Å². The third-order valence-electron chi connectivity index (χ3n) is 6.66. The summed E-state index contributed by atoms with van der Waals surface area (Å²) in [7, 11) is 0. The van der Waals surface area contributed by atoms with E-state index in [4.69, 9.17) is 0 Å². The van der Waals surface area contributed by atoms with Crippen LogP contribution in [0.3, 0.4) is 0 Å². The van der Waals surface area contributed by atoms with E-state index in [1.165, 1.54) is 76.2 Å². The van der Waals surface area contributed by atoms with Gasteiger partial charge >= 0.3 is 0 Å². The Bertz CT molecular complexity index is 487. The molecule has 0 radical (unpaired) electrons. The number of allylic oxidation sites excluding steroid dienone is 1. The Balaban J connectivity index is 1.35. The predicted molar refractivity (Wildman–Crippen MR) is 102 cm³/mol. The Morgan fingerprint density at radius 3 is 1.83 bits per heavy atom. The highest BCUT2D eigenvalue weighted by atomic mass is 16.3. The normalized spacial score (nSPS) is 30.8. The van der Waals surface area contributed by atoms with Gasteiger partial charge in [0.15, 0.2) is 0 Å². The van der Waals surface area contributed by atoms with Crippen LogP contribution < -0.4 is 0 Å². The van der Waals surface area contributed by atoms with Crippen LogP contribution in [0.1, 0.15) is 82.1 Å². The second kappa shape index (κ2) is 8.74. The Labute approximate surface area is 148 Å². The van der Waals surface area contributed by atoms with Gasteiger partial charge in [-0.3, -0.25) is 0 Å². The van der Waals surface area contributed by atoms with E-state index in [1.54, 1.807) is 0 Å². The first-order valence-electron chi connectivity index (χ1n) is 10.1. The molecule has 2 fully saturated rings. The minimum atomic E-state index is 0.384. The average Bonchev–Trinajstić information content (AvgIpc) is 2.63. The number of hydrogen-bond acceptors (Lipinski definition) is 1. The van der Waals surface area contributed by atoms with Crippen LogP contribution in [0.5, 0.6) is 5.75 Å². The van der Waals surface area contributed by atoms with Crippen molar-refractivity contribution < 1.29 is 5.11 Å². The van der Waals surface area contributed by atoms with Gasteiger partial charge in [-0.2, -0.15) is 0 Å². The fourth-order valence-corrected chi connectivity index (χ4v) is 4.99. The van der Waals surface area contributed by atoms with Crippen molar-refractivity contribution in [2.45, 2.75) is 76.5 Å². The Morgan fingerprint density at radius 1 is 0.792 bits per heavy atom. The molecule has 0 spiro atoms. The van der Waals surface area contributed by atoms with Crippen LogP contribution in [-0.4, -0.2) is 5.11 Å². The smallest absolute Gasteiger partial charge is 0.115 e. The number of rotatable bonds is 6. The molecule has 0 bridgehead atoms. The molecule has 24 heavy (non-hydrogen) atoms. The molecule has 1 heteroatoms. The molecule has 0 aromatic heterocycles. The molecule has 0 unspecified atom stereocenters. The minimum absolute atomic E-state index is 0.384. The molecular weight excluding hydrogens is 292 g/mol. The van der Waals surface area contributed by atoms with E-state index in [9.17, 15) is 5.11 Å². The summed E-state index contributed by atoms with van der Waals surface area (Å²) in [5, 5.41) is 9.43. The van der Waals surface area contributed by atoms with Crippen LogP contribution in [0.4, 0.5) is 0 Å². The zero-order valence-electron chi connectivity index (χ0n) is 15.1. The van der Waals surface area contributed by atoms with Crippen molar-refractivity contribution in [1.82, 2.24) is 0 Å². The highest BCUT2D eigenvalue weighted by molar-refractivity contribution is 5.28. The topological polar surface area (TPSA) is 20.2 Å². The number of phenols is 1. The molecule has 0 atom stereocenters. The number of phenolic OH excluding ortho intramolecular Hbond substituents is 1. The third kappa shape index (κ3) is 4.88. The summed E-state index contributed by atoms with van der Waals surface area (Å²) in [4.78, 5) is 0. The van der Waals surface area contributed by atoms with Crippen molar-refractivity contribution in [2.24, 2.45) is 17.8 Å². The van der Waals surface area contributed by atoms with E-state index >= 15 is 0 Å². The second-order valence-electron chi connectivity index (χ2n) is 8.30. The molecule has 2 aliphatic rings. The lowest BCUT2D eigenvalue weighted by Gasteiger charge is -2.32. The average molecular weight is 327 g/mol. The molecule has 2 aliphatic carbocycles. The highest BCUT2D eigenvalue weighted by Gasteiger charge is 2.25. The molecule has 0 amide bonds. The predicted octanol–water partition coefficient (Wildman–Crippen LogP) is 6.83. The molecule has 0 saturated heterocycles. The molecule has 0 aliphatic heterocycles. The lowest BCUT2D eigenvalue weighted by molar-refractivity contribution is 0.231. The maximum absolute atomic E-state index is 9.43. The zero-order valence-corrected chi connectivity index (χ0v) is 15.1. The van der Waals surface area contributed by atoms with Crippen molar-refractivity contribution >= 4 is 0 Å². The van der Waals surface area contributed by atoms with Crippen molar-refractivity contribution in [3.63, 3.8) is 0 Å². The molecule has 2 saturated carbocycles. The summed E-state index contributed by atoms with van der Waals surface area (Å²) < 4.78 is 0. The summed E-state index contributed by atoms with van der Waals surface area (Å²) in [5.41, 5.74) is 1.42. The van der Waals surface area contributed by atoms with Gasteiger partial charge in [-0.1, -0.05) is 43.9 Å². The number of aromatic hydroxyl groups is 1. The first kappa shape index (κ1) is 17.6. The van der Waals surface area contributed by atoms with E-state index < -0.39 is 0 Å². The largest absolute Gasteiger partial charge is 0.508 e. The molecule has 1 aromatic rings. The highest BCUT2D eigenvalue weighted by Crippen LogP contribution is 2.40. The van der Waals surface area contributed by atoms with E-state index in [1.807, 2.05) is 12.1 Å². The summed E-state index contributed by atoms with van der Waals surface area (Å²) in [6, 6.07) is 7.90. The van der Waals surface area contributed by atoms with Gasteiger partial charge in [-0.15, -0.1) is 6.58 Å². The summed E-state index contributed by atoms with van der Waals surface area (Å²) in [6.07, 6.45) is 17.5. The van der Waals surface area contributed by atoms with Gasteiger partial charge in [-0.25, -0.2) is 0 Å². The number of hydrogen-bond donors (Lipinski definition) is 1. The van der Waals surface area contributed by atoms with E-state index in [2.05, 4.69) is 24.8 Å². The fraction of sp³-hybridized carbons (Fsp3) is 0.652. The third-order valence-corrected chi connectivity index (χ3v) is 6.66. The summed E-state index contributed by atoms with van der Waals surface area (Å²) in [6.45, 7) is 3.89. The Kier molecular flexibility index (Phi) is 6.40. The van der Waals surface area contributed by atoms with Crippen LogP contribution in [0.15, 0.2) is 36.9 Å². The van der Waals surface area contributed by atoms with Crippen molar-refractivity contribution in [1.29, 1.82) is 0 Å². The molecule has 1 aromatic carbocycles. The molecule has 3 rings (SSSR count). The van der Waals surface area contributed by atoms with E-state index in [-0.39, 0.29) is 0 Å². The maximum Gasteiger partial charge on any atom is 0.115 e. The summed E-state index contributed by atoms with van der Waals surface area (Å²) in [5.74, 6) is 4.00. The molecule has 1 nitrogen and oxygen atoms in total. The zero-order chi connectivity index (χ0) is 16.8. The van der Waals surface area contributed by atoms with E-state index in [0.717, 1.165) is 23.7 Å². The lowest BCUT2D eigenvalue weighted by Crippen LogP contribution is -2.17. The first-order chi connectivity index (χ1) is 11.7. The maximum atomic E-state index is 9.43. The monoisotopic (exact) mass is 326 g/mol. The lowest BCUT2D eigenvalue weighted by atomic mass is 9.74. The van der Waals surface area contributed by atoms with Crippen LogP contribution in [0.2, 0.25) is 0 Å². The Morgan fingerprint density at radius 2 is 1.29 bits per heavy atom. The molecule has 0 heterocycles. The SMILES string of the molecule is C=CC[C@H]1CC[C@H](CC[C@H]2CC[C@H](c3ccc(O)cc3)CC2)CC1. The van der Waals surface area contributed by atoms with Gasteiger partial charge in [0.1, 0.15) is 5.75 Å². The van der Waals surface area contributed by atoms with Gasteiger partial charge in [0.2, 0.25) is 0 Å². The number of benzene rings is 1. The standard InChI is InChI=1S/C23H34O/c1-2-3-18-4-6-19(7-5-18)8-9-20-10-12-21(13-11-20)22-14-16-23(24)17-15-22/h2,14-21,24H,1,3-13H2/t18-,19-,20-,21-. The molecular formula is C23H34O. The fourth-order valence-electron chi connectivity index (χ4n) is 4.99. The van der Waals surface area contributed by atoms with E-state index in [0.29, 0.717) is 5.75 Å². The molecule has 1 N–H and O–H groups in total. The summed E-state index contributed by atoms with van der Waals surface area (Å²) >= 11 is 0. The van der Waals surface area contributed by atoms with Crippen LogP contribution in [0, 0.1) is 17.8 Å². The van der Waals surface area contributed by atoms with Gasteiger partial charge < -0.3 is 5.11 Å². The Hall–Kier alpha value is -1.24. The first-order valence-corrected chi connectivity index (χ1v) is 10.1.